The van der Waals surface area contributed by atoms with Crippen molar-refractivity contribution < 1.29 is 28.6 Å². The van der Waals surface area contributed by atoms with Crippen LogP contribution in [0.15, 0.2) is 30.5 Å². The third-order valence-electron chi connectivity index (χ3n) is 19.7. The summed E-state index contributed by atoms with van der Waals surface area (Å²) in [7, 11) is 0. The lowest BCUT2D eigenvalue weighted by atomic mass is 9.32. The summed E-state index contributed by atoms with van der Waals surface area (Å²) in [4.78, 5) is 51.2. The second kappa shape index (κ2) is 13.6. The number of carboxylic acids is 1. The Labute approximate surface area is 351 Å². The molecule has 6 aliphatic carbocycles. The summed E-state index contributed by atoms with van der Waals surface area (Å²) in [5, 5.41) is 9.68. The number of imidazole rings is 1. The number of carbonyl (C=O) groups is 3. The van der Waals surface area contributed by atoms with E-state index in [2.05, 4.69) is 51.4 Å². The Balaban J connectivity index is 0.990. The summed E-state index contributed by atoms with van der Waals surface area (Å²) in [6.45, 7) is 19.0. The number of rotatable bonds is 8. The number of amides is 1. The van der Waals surface area contributed by atoms with Gasteiger partial charge in [-0.05, 0) is 167 Å². The maximum atomic E-state index is 15.6. The summed E-state index contributed by atoms with van der Waals surface area (Å²) in [6, 6.07) is 6.53. The van der Waals surface area contributed by atoms with Gasteiger partial charge in [-0.25, -0.2) is 9.37 Å². The molecule has 2 heterocycles. The average Bonchev–Trinajstić information content (AvgIpc) is 3.56. The zero-order valence-corrected chi connectivity index (χ0v) is 37.1. The van der Waals surface area contributed by atoms with Crippen molar-refractivity contribution in [3.8, 4) is 11.3 Å². The molecule has 2 unspecified atom stereocenters. The molecule has 0 radical (unpaired) electrons. The highest BCUT2D eigenvalue weighted by atomic mass is 19.1. The van der Waals surface area contributed by atoms with E-state index in [9.17, 15) is 19.1 Å². The summed E-state index contributed by atoms with van der Waals surface area (Å²) >= 11 is 0. The number of aromatic amines is 1. The van der Waals surface area contributed by atoms with Gasteiger partial charge in [-0.3, -0.25) is 14.4 Å². The van der Waals surface area contributed by atoms with Gasteiger partial charge in [0.15, 0.2) is 0 Å². The Morgan fingerprint density at radius 3 is 2.36 bits per heavy atom. The van der Waals surface area contributed by atoms with Crippen molar-refractivity contribution in [3.63, 3.8) is 0 Å². The Kier molecular flexibility index (Phi) is 9.51. The molecule has 0 spiro atoms. The molecule has 9 heteroatoms. The first-order chi connectivity index (χ1) is 27.7. The predicted molar refractivity (Wildman–Crippen MR) is 225 cm³/mol. The number of halogens is 1. The SMILES string of the molecule is CC(C)(CC(=O)O[C@H]1CC[C@]2(C)C3CC[C@@H]4C5[C@H](C6(C)CC6)CC[C@]5(C(=O)N5CCC[C@H]5c5ncc(-c6cccc(F)c6)[nH]5)CC[C@@]4(C)[C@]3(C)CC[C@H]2C1(C)C)C(=O)O. The molecule has 8 nitrogen and oxygen atoms in total. The number of fused-ring (bicyclic) bond motifs is 7. The molecule has 2 aromatic rings. The van der Waals surface area contributed by atoms with E-state index in [-0.39, 0.29) is 51.5 Å². The molecule has 1 aliphatic heterocycles. The smallest absolute Gasteiger partial charge is 0.309 e. The van der Waals surface area contributed by atoms with Gasteiger partial charge < -0.3 is 19.7 Å². The lowest BCUT2D eigenvalue weighted by Gasteiger charge is -2.73. The van der Waals surface area contributed by atoms with Crippen LogP contribution in [0.5, 0.6) is 0 Å². The summed E-state index contributed by atoms with van der Waals surface area (Å²) < 4.78 is 20.4. The standard InChI is InChI=1S/C50H70FN3O5/c1-44(2,43(57)58)28-39(55)59-38-18-19-47(6)36(45(38,3)4)17-20-49(8)37(47)15-14-33-40-32(46(5)22-23-46)16-21-50(40,25-24-48(33,49)7)42(56)54-26-10-13-35(54)41-52-29-34(53-41)30-11-9-12-31(51)27-30/h9,11-12,27,29,32-33,35-38,40H,10,13-26,28H2,1-8H3,(H,52,53)(H,57,58)/t32-,33-,35+,36+,37?,38+,40?,47+,48-,49-,50+/m1/s1. The monoisotopic (exact) mass is 812 g/mol. The number of aliphatic carboxylic acids is 1. The molecular weight excluding hydrogens is 742 g/mol. The molecule has 2 N–H and O–H groups in total. The van der Waals surface area contributed by atoms with Gasteiger partial charge in [0.1, 0.15) is 17.7 Å². The number of carbonyl (C=O) groups excluding carboxylic acids is 2. The fraction of sp³-hybridized carbons (Fsp3) is 0.760. The van der Waals surface area contributed by atoms with Crippen molar-refractivity contribution in [3.05, 3.63) is 42.1 Å². The van der Waals surface area contributed by atoms with Crippen molar-refractivity contribution in [1.29, 1.82) is 0 Å². The molecule has 1 aromatic carbocycles. The highest BCUT2D eigenvalue weighted by molar-refractivity contribution is 5.85. The number of benzene rings is 1. The molecule has 11 atom stereocenters. The average molecular weight is 812 g/mol. The molecule has 322 valence electrons. The van der Waals surface area contributed by atoms with Crippen molar-refractivity contribution in [1.82, 2.24) is 14.9 Å². The minimum Gasteiger partial charge on any atom is -0.481 e. The fourth-order valence-corrected chi connectivity index (χ4v) is 16.0. The van der Waals surface area contributed by atoms with E-state index in [0.717, 1.165) is 87.8 Å². The number of H-pyrrole nitrogens is 1. The molecule has 59 heavy (non-hydrogen) atoms. The van der Waals surface area contributed by atoms with Crippen molar-refractivity contribution in [2.24, 2.45) is 67.5 Å². The number of ether oxygens (including phenoxy) is 1. The number of nitrogens with zero attached hydrogens (tertiary/aromatic N) is 2. The highest BCUT2D eigenvalue weighted by Crippen LogP contribution is 2.79. The number of hydrogen-bond acceptors (Lipinski definition) is 5. The third-order valence-corrected chi connectivity index (χ3v) is 19.7. The lowest BCUT2D eigenvalue weighted by molar-refractivity contribution is -0.251. The van der Waals surface area contributed by atoms with Gasteiger partial charge in [0.05, 0.1) is 35.2 Å². The molecule has 9 rings (SSSR count). The number of esters is 1. The maximum absolute atomic E-state index is 15.6. The number of hydrogen-bond donors (Lipinski definition) is 2. The van der Waals surface area contributed by atoms with Gasteiger partial charge in [0.25, 0.3) is 0 Å². The van der Waals surface area contributed by atoms with Gasteiger partial charge >= 0.3 is 11.9 Å². The third kappa shape index (κ3) is 6.05. The minimum atomic E-state index is -1.16. The summed E-state index contributed by atoms with van der Waals surface area (Å²) in [5.74, 6) is 1.95. The number of nitrogens with one attached hydrogen (secondary N) is 1. The molecule has 7 aliphatic rings. The fourth-order valence-electron chi connectivity index (χ4n) is 16.0. The zero-order chi connectivity index (χ0) is 42.1. The van der Waals surface area contributed by atoms with Crippen LogP contribution in [0.2, 0.25) is 0 Å². The zero-order valence-electron chi connectivity index (χ0n) is 37.1. The first kappa shape index (κ1) is 41.1. The van der Waals surface area contributed by atoms with Gasteiger partial charge in [-0.2, -0.15) is 0 Å². The maximum Gasteiger partial charge on any atom is 0.309 e. The molecule has 6 saturated carbocycles. The van der Waals surface area contributed by atoms with E-state index in [1.165, 1.54) is 37.8 Å². The summed E-state index contributed by atoms with van der Waals surface area (Å²) in [6.07, 6.45) is 16.5. The van der Waals surface area contributed by atoms with Crippen LogP contribution in [0.4, 0.5) is 4.39 Å². The van der Waals surface area contributed by atoms with Gasteiger partial charge in [0.2, 0.25) is 5.91 Å². The quantitative estimate of drug-likeness (QED) is 0.257. The first-order valence-electron chi connectivity index (χ1n) is 23.3. The largest absolute Gasteiger partial charge is 0.481 e. The molecule has 1 amide bonds. The molecule has 7 fully saturated rings. The van der Waals surface area contributed by atoms with E-state index >= 15 is 4.79 Å². The van der Waals surface area contributed by atoms with Gasteiger partial charge in [0, 0.05) is 17.5 Å². The molecule has 1 aromatic heterocycles. The van der Waals surface area contributed by atoms with Crippen molar-refractivity contribution in [2.75, 3.05) is 6.54 Å². The summed E-state index contributed by atoms with van der Waals surface area (Å²) in [5.41, 5.74) is 0.520. The molecule has 1 saturated heterocycles. The lowest BCUT2D eigenvalue weighted by Crippen LogP contribution is -2.67. The van der Waals surface area contributed by atoms with Crippen LogP contribution in [0, 0.1) is 73.3 Å². The van der Waals surface area contributed by atoms with E-state index < -0.39 is 17.4 Å². The van der Waals surface area contributed by atoms with E-state index in [1.54, 1.807) is 26.1 Å². The highest BCUT2D eigenvalue weighted by Gasteiger charge is 2.74. The van der Waals surface area contributed by atoms with Crippen LogP contribution >= 0.6 is 0 Å². The van der Waals surface area contributed by atoms with Crippen LogP contribution < -0.4 is 0 Å². The minimum absolute atomic E-state index is 0.0893. The Hall–Kier alpha value is -3.23. The van der Waals surface area contributed by atoms with Gasteiger partial charge in [-0.15, -0.1) is 0 Å². The topological polar surface area (TPSA) is 113 Å². The predicted octanol–water partition coefficient (Wildman–Crippen LogP) is 11.2. The Morgan fingerprint density at radius 1 is 0.881 bits per heavy atom. The van der Waals surface area contributed by atoms with Crippen LogP contribution in [0.1, 0.15) is 164 Å². The van der Waals surface area contributed by atoms with Crippen LogP contribution in [-0.4, -0.2) is 50.5 Å². The van der Waals surface area contributed by atoms with Crippen LogP contribution in [-0.2, 0) is 19.1 Å². The number of aromatic nitrogens is 2. The molecule has 0 bridgehead atoms. The van der Waals surface area contributed by atoms with E-state index in [1.807, 2.05) is 6.07 Å². The Bertz CT molecular complexity index is 2020. The second-order valence-corrected chi connectivity index (χ2v) is 23.2. The van der Waals surface area contributed by atoms with Crippen LogP contribution in [0.25, 0.3) is 11.3 Å². The normalized spacial score (nSPS) is 40.6. The van der Waals surface area contributed by atoms with Crippen molar-refractivity contribution >= 4 is 17.8 Å². The van der Waals surface area contributed by atoms with E-state index in [4.69, 9.17) is 9.72 Å². The Morgan fingerprint density at radius 2 is 1.64 bits per heavy atom. The second-order valence-electron chi connectivity index (χ2n) is 23.2. The van der Waals surface area contributed by atoms with Gasteiger partial charge in [-0.1, -0.05) is 53.7 Å². The first-order valence-corrected chi connectivity index (χ1v) is 23.3. The van der Waals surface area contributed by atoms with Crippen molar-refractivity contribution in [2.45, 2.75) is 164 Å². The van der Waals surface area contributed by atoms with E-state index in [0.29, 0.717) is 40.9 Å². The van der Waals surface area contributed by atoms with Crippen LogP contribution in [0.3, 0.4) is 0 Å². The number of carboxylic acid groups (broad SMARTS) is 1. The molecular formula is C50H70FN3O5. The number of likely N-dealkylation sites (tertiary alicyclic amines) is 1.